The van der Waals surface area contributed by atoms with E-state index in [1.165, 1.54) is 18.4 Å². The van der Waals surface area contributed by atoms with Crippen LogP contribution in [0, 0.1) is 0 Å². The van der Waals surface area contributed by atoms with Gasteiger partial charge in [0.25, 0.3) is 0 Å². The second-order valence-electron chi connectivity index (χ2n) is 3.41. The summed E-state index contributed by atoms with van der Waals surface area (Å²) in [6.45, 7) is 1.06. The van der Waals surface area contributed by atoms with E-state index in [4.69, 9.17) is 4.42 Å². The number of sulfonamides is 1. The molecule has 0 radical (unpaired) electrons. The lowest BCUT2D eigenvalue weighted by Gasteiger charge is -2.11. The summed E-state index contributed by atoms with van der Waals surface area (Å²) in [7, 11) is -0.0256. The predicted molar refractivity (Wildman–Crippen MR) is 57.9 cm³/mol. The van der Waals surface area contributed by atoms with Gasteiger partial charge in [-0.2, -0.15) is 0 Å². The summed E-state index contributed by atoms with van der Waals surface area (Å²) >= 11 is 0. The molecule has 1 aromatic rings. The first-order valence-electron chi connectivity index (χ1n) is 4.64. The third-order valence-corrected chi connectivity index (χ3v) is 3.84. The Labute approximate surface area is 90.1 Å². The van der Waals surface area contributed by atoms with Crippen LogP contribution in [0.2, 0.25) is 0 Å². The van der Waals surface area contributed by atoms with Gasteiger partial charge in [-0.25, -0.2) is 12.7 Å². The molecule has 0 aromatic carbocycles. The van der Waals surface area contributed by atoms with Crippen molar-refractivity contribution < 1.29 is 12.8 Å². The van der Waals surface area contributed by atoms with Gasteiger partial charge in [-0.15, -0.1) is 0 Å². The number of nitrogens with one attached hydrogen (secondary N) is 1. The van der Waals surface area contributed by atoms with E-state index in [0.717, 1.165) is 5.56 Å². The first-order valence-corrected chi connectivity index (χ1v) is 6.25. The molecule has 86 valence electrons. The minimum atomic E-state index is -3.09. The topological polar surface area (TPSA) is 62.6 Å². The highest BCUT2D eigenvalue weighted by atomic mass is 32.2. The first-order chi connectivity index (χ1) is 7.02. The second kappa shape index (κ2) is 5.29. The molecule has 1 aromatic heterocycles. The fourth-order valence-electron chi connectivity index (χ4n) is 1.01. The molecule has 0 spiro atoms. The Balaban J connectivity index is 2.23. The largest absolute Gasteiger partial charge is 0.472 e. The molecule has 0 aliphatic rings. The Morgan fingerprint density at radius 3 is 2.73 bits per heavy atom. The van der Waals surface area contributed by atoms with Crippen molar-refractivity contribution >= 4 is 10.0 Å². The average molecular weight is 232 g/mol. The highest BCUT2D eigenvalue weighted by Gasteiger charge is 2.12. The highest BCUT2D eigenvalue weighted by Crippen LogP contribution is 1.98. The van der Waals surface area contributed by atoms with Crippen molar-refractivity contribution in [1.82, 2.24) is 9.62 Å². The van der Waals surface area contributed by atoms with Gasteiger partial charge in [0.15, 0.2) is 0 Å². The van der Waals surface area contributed by atoms with E-state index in [1.807, 2.05) is 6.07 Å². The van der Waals surface area contributed by atoms with Crippen LogP contribution in [0.15, 0.2) is 23.0 Å². The Hall–Kier alpha value is -0.850. The molecular formula is C9H16N2O3S. The van der Waals surface area contributed by atoms with Crippen molar-refractivity contribution in [1.29, 1.82) is 0 Å². The standard InChI is InChI=1S/C9H16N2O3S/c1-11(2)15(12,13)6-4-10-7-9-3-5-14-8-9/h3,5,8,10H,4,6-7H2,1-2H3. The van der Waals surface area contributed by atoms with Crippen molar-refractivity contribution in [2.45, 2.75) is 6.54 Å². The molecule has 1 rings (SSSR count). The average Bonchev–Trinajstić information content (AvgIpc) is 2.64. The minimum absolute atomic E-state index is 0.109. The maximum Gasteiger partial charge on any atom is 0.214 e. The third-order valence-electron chi connectivity index (χ3n) is 2.00. The normalized spacial score (nSPS) is 12.2. The zero-order valence-electron chi connectivity index (χ0n) is 8.93. The molecule has 0 unspecified atom stereocenters. The van der Waals surface area contributed by atoms with E-state index in [9.17, 15) is 8.42 Å². The first kappa shape index (κ1) is 12.2. The molecule has 0 saturated carbocycles. The van der Waals surface area contributed by atoms with Gasteiger partial charge in [-0.3, -0.25) is 0 Å². The highest BCUT2D eigenvalue weighted by molar-refractivity contribution is 7.89. The Kier molecular flexibility index (Phi) is 4.31. The maximum absolute atomic E-state index is 11.4. The van der Waals surface area contributed by atoms with Crippen molar-refractivity contribution in [3.8, 4) is 0 Å². The molecule has 1 heterocycles. The van der Waals surface area contributed by atoms with Crippen LogP contribution in [0.4, 0.5) is 0 Å². The zero-order valence-corrected chi connectivity index (χ0v) is 9.75. The lowest BCUT2D eigenvalue weighted by Crippen LogP contribution is -2.30. The van der Waals surface area contributed by atoms with Crippen LogP contribution in [-0.4, -0.2) is 39.1 Å². The number of hydrogen-bond acceptors (Lipinski definition) is 4. The van der Waals surface area contributed by atoms with Crippen LogP contribution in [0.1, 0.15) is 5.56 Å². The van der Waals surface area contributed by atoms with E-state index in [2.05, 4.69) is 5.32 Å². The molecule has 0 aliphatic carbocycles. The van der Waals surface area contributed by atoms with E-state index < -0.39 is 10.0 Å². The fraction of sp³-hybridized carbons (Fsp3) is 0.556. The molecule has 15 heavy (non-hydrogen) atoms. The van der Waals surface area contributed by atoms with E-state index in [0.29, 0.717) is 13.1 Å². The lowest BCUT2D eigenvalue weighted by atomic mass is 10.3. The van der Waals surface area contributed by atoms with Crippen LogP contribution in [-0.2, 0) is 16.6 Å². The Morgan fingerprint density at radius 1 is 1.47 bits per heavy atom. The van der Waals surface area contributed by atoms with Gasteiger partial charge in [0.05, 0.1) is 18.3 Å². The van der Waals surface area contributed by atoms with Gasteiger partial charge < -0.3 is 9.73 Å². The number of hydrogen-bond donors (Lipinski definition) is 1. The monoisotopic (exact) mass is 232 g/mol. The van der Waals surface area contributed by atoms with Gasteiger partial charge in [0.1, 0.15) is 0 Å². The molecule has 0 amide bonds. The van der Waals surface area contributed by atoms with E-state index in [1.54, 1.807) is 12.5 Å². The van der Waals surface area contributed by atoms with Crippen LogP contribution in [0.5, 0.6) is 0 Å². The molecule has 6 heteroatoms. The van der Waals surface area contributed by atoms with Crippen LogP contribution < -0.4 is 5.32 Å². The van der Waals surface area contributed by atoms with E-state index >= 15 is 0 Å². The van der Waals surface area contributed by atoms with Gasteiger partial charge in [0.2, 0.25) is 10.0 Å². The summed E-state index contributed by atoms with van der Waals surface area (Å²) in [5.74, 6) is 0.109. The smallest absolute Gasteiger partial charge is 0.214 e. The van der Waals surface area contributed by atoms with Crippen LogP contribution in [0.3, 0.4) is 0 Å². The molecule has 0 fully saturated rings. The second-order valence-corrected chi connectivity index (χ2v) is 5.71. The predicted octanol–water partition coefficient (Wildman–Crippen LogP) is 0.261. The zero-order chi connectivity index (χ0) is 11.3. The number of rotatable bonds is 6. The lowest BCUT2D eigenvalue weighted by molar-refractivity contribution is 0.517. The van der Waals surface area contributed by atoms with Crippen molar-refractivity contribution in [2.24, 2.45) is 0 Å². The van der Waals surface area contributed by atoms with Gasteiger partial charge in [-0.1, -0.05) is 0 Å². The van der Waals surface area contributed by atoms with Crippen LogP contribution >= 0.6 is 0 Å². The number of furan rings is 1. The Bertz CT molecular complexity index is 370. The van der Waals surface area contributed by atoms with Crippen molar-refractivity contribution in [3.05, 3.63) is 24.2 Å². The fourth-order valence-corrected chi connectivity index (χ4v) is 1.78. The van der Waals surface area contributed by atoms with Gasteiger partial charge >= 0.3 is 0 Å². The third kappa shape index (κ3) is 4.03. The molecule has 5 nitrogen and oxygen atoms in total. The van der Waals surface area contributed by atoms with Gasteiger partial charge in [-0.05, 0) is 6.07 Å². The minimum Gasteiger partial charge on any atom is -0.472 e. The summed E-state index contributed by atoms with van der Waals surface area (Å²) in [5.41, 5.74) is 1.01. The quantitative estimate of drug-likeness (QED) is 0.715. The molecule has 0 bridgehead atoms. The SMILES string of the molecule is CN(C)S(=O)(=O)CCNCc1ccoc1. The molecule has 0 atom stereocenters. The van der Waals surface area contributed by atoms with Crippen molar-refractivity contribution in [3.63, 3.8) is 0 Å². The van der Waals surface area contributed by atoms with E-state index in [-0.39, 0.29) is 5.75 Å². The maximum atomic E-state index is 11.4. The van der Waals surface area contributed by atoms with Crippen LogP contribution in [0.25, 0.3) is 0 Å². The molecule has 0 saturated heterocycles. The molecular weight excluding hydrogens is 216 g/mol. The number of nitrogens with zero attached hydrogens (tertiary/aromatic N) is 1. The summed E-state index contributed by atoms with van der Waals surface area (Å²) in [5, 5.41) is 3.03. The molecule has 0 aliphatic heterocycles. The summed E-state index contributed by atoms with van der Waals surface area (Å²) < 4.78 is 28.8. The summed E-state index contributed by atoms with van der Waals surface area (Å²) in [6.07, 6.45) is 3.22. The van der Waals surface area contributed by atoms with Gasteiger partial charge in [0, 0.05) is 32.7 Å². The Morgan fingerprint density at radius 2 is 2.20 bits per heavy atom. The molecule has 1 N–H and O–H groups in total. The summed E-state index contributed by atoms with van der Waals surface area (Å²) in [6, 6.07) is 1.84. The van der Waals surface area contributed by atoms with Crippen molar-refractivity contribution in [2.75, 3.05) is 26.4 Å². The summed E-state index contributed by atoms with van der Waals surface area (Å²) in [4.78, 5) is 0.